The van der Waals surface area contributed by atoms with Gasteiger partial charge in [-0.1, -0.05) is 43.5 Å². The minimum absolute atomic E-state index is 0.196. The predicted molar refractivity (Wildman–Crippen MR) is 115 cm³/mol. The van der Waals surface area contributed by atoms with Gasteiger partial charge in [-0.3, -0.25) is 0 Å². The number of carbonyl (C=O) groups excluding carboxylic acids is 3. The fourth-order valence-electron chi connectivity index (χ4n) is 2.33. The van der Waals surface area contributed by atoms with E-state index in [4.69, 9.17) is 14.2 Å². The van der Waals surface area contributed by atoms with Gasteiger partial charge in [-0.25, -0.2) is 14.4 Å². The number of amides is 1. The van der Waals surface area contributed by atoms with Crippen LogP contribution in [-0.2, 0) is 29.3 Å². The lowest BCUT2D eigenvalue weighted by Crippen LogP contribution is -2.42. The molecule has 0 spiro atoms. The van der Waals surface area contributed by atoms with E-state index in [9.17, 15) is 14.4 Å². The smallest absolute Gasteiger partial charge is 0.407 e. The third-order valence-electron chi connectivity index (χ3n) is 4.09. The van der Waals surface area contributed by atoms with Crippen LogP contribution in [-0.4, -0.2) is 37.3 Å². The lowest BCUT2D eigenvalue weighted by Gasteiger charge is -2.27. The van der Waals surface area contributed by atoms with E-state index in [0.717, 1.165) is 22.8 Å². The topological polar surface area (TPSA) is 90.9 Å². The van der Waals surface area contributed by atoms with Gasteiger partial charge in [0.05, 0.1) is 5.54 Å². The van der Waals surface area contributed by atoms with Crippen molar-refractivity contribution in [2.75, 3.05) is 13.2 Å². The molecule has 0 radical (unpaired) electrons. The zero-order valence-corrected chi connectivity index (χ0v) is 17.9. The molecule has 1 unspecified atom stereocenters. The van der Waals surface area contributed by atoms with Crippen LogP contribution >= 0.6 is 0 Å². The van der Waals surface area contributed by atoms with E-state index < -0.39 is 29.7 Å². The van der Waals surface area contributed by atoms with Crippen molar-refractivity contribution in [3.8, 4) is 0 Å². The zero-order valence-electron chi connectivity index (χ0n) is 17.9. The lowest BCUT2D eigenvalue weighted by molar-refractivity contribution is -0.155. The molecule has 0 saturated heterocycles. The number of allylic oxidation sites excluding steroid dienone is 1. The van der Waals surface area contributed by atoms with Crippen LogP contribution in [0.15, 0.2) is 55.7 Å². The maximum absolute atomic E-state index is 12.3. The maximum atomic E-state index is 12.3. The number of alkyl carbamates (subject to hydrolysis) is 1. The summed E-state index contributed by atoms with van der Waals surface area (Å²) in [5, 5.41) is 2.77. The molecule has 0 bridgehead atoms. The quantitative estimate of drug-likeness (QED) is 0.354. The highest BCUT2D eigenvalue weighted by molar-refractivity contribution is 5.87. The van der Waals surface area contributed by atoms with Gasteiger partial charge >= 0.3 is 18.0 Å². The first-order valence-electron chi connectivity index (χ1n) is 9.33. The monoisotopic (exact) mass is 415 g/mol. The fourth-order valence-corrected chi connectivity index (χ4v) is 2.33. The predicted octanol–water partition coefficient (Wildman–Crippen LogP) is 3.90. The molecule has 7 nitrogen and oxygen atoms in total. The molecule has 7 heteroatoms. The molecule has 1 amide bonds. The third-order valence-corrected chi connectivity index (χ3v) is 4.09. The number of benzene rings is 1. The first-order chi connectivity index (χ1) is 14.0. The summed E-state index contributed by atoms with van der Waals surface area (Å²) in [5.41, 5.74) is 2.20. The van der Waals surface area contributed by atoms with Crippen molar-refractivity contribution in [2.24, 2.45) is 0 Å². The summed E-state index contributed by atoms with van der Waals surface area (Å²) in [5.74, 6) is -1.37. The van der Waals surface area contributed by atoms with Crippen molar-refractivity contribution >= 4 is 23.6 Å². The van der Waals surface area contributed by atoms with Gasteiger partial charge in [-0.2, -0.15) is 0 Å². The molecule has 0 heterocycles. The summed E-state index contributed by atoms with van der Waals surface area (Å²) < 4.78 is 15.2. The van der Waals surface area contributed by atoms with E-state index >= 15 is 0 Å². The average Bonchev–Trinajstić information content (AvgIpc) is 2.69. The Morgan fingerprint density at radius 1 is 1.13 bits per heavy atom. The van der Waals surface area contributed by atoms with Crippen molar-refractivity contribution in [1.29, 1.82) is 0 Å². The SMILES string of the molecule is C=CC(=O)OC(COC(=O)NC(C)(C)c1cccc(C(=C)C)c1)COC(=O)C(=C)C. The maximum Gasteiger partial charge on any atom is 0.407 e. The standard InChI is InChI=1S/C23H29NO6/c1-8-20(25)30-19(13-28-21(26)16(4)5)14-29-22(27)24-23(6,7)18-11-9-10-17(12-18)15(2)3/h8-12,19H,1-2,4,13-14H2,3,5-7H3,(H,24,27). The molecule has 162 valence electrons. The Labute approximate surface area is 177 Å². The molecule has 1 aromatic rings. The highest BCUT2D eigenvalue weighted by Crippen LogP contribution is 2.23. The number of rotatable bonds is 10. The number of ether oxygens (including phenoxy) is 3. The highest BCUT2D eigenvalue weighted by Gasteiger charge is 2.25. The van der Waals surface area contributed by atoms with E-state index in [1.165, 1.54) is 6.92 Å². The summed E-state index contributed by atoms with van der Waals surface area (Å²) in [6, 6.07) is 7.65. The van der Waals surface area contributed by atoms with Crippen molar-refractivity contribution in [3.63, 3.8) is 0 Å². The van der Waals surface area contributed by atoms with Gasteiger partial charge in [0.25, 0.3) is 0 Å². The molecule has 0 aliphatic heterocycles. The normalized spacial score (nSPS) is 11.6. The van der Waals surface area contributed by atoms with E-state index in [2.05, 4.69) is 25.1 Å². The first kappa shape index (κ1) is 24.7. The van der Waals surface area contributed by atoms with Gasteiger partial charge in [0.15, 0.2) is 6.10 Å². The highest BCUT2D eigenvalue weighted by atomic mass is 16.6. The van der Waals surface area contributed by atoms with Crippen molar-refractivity contribution in [1.82, 2.24) is 5.32 Å². The van der Waals surface area contributed by atoms with Crippen LogP contribution in [0.3, 0.4) is 0 Å². The Bertz CT molecular complexity index is 840. The summed E-state index contributed by atoms with van der Waals surface area (Å²) in [4.78, 5) is 35.4. The second-order valence-electron chi connectivity index (χ2n) is 7.35. The summed E-state index contributed by atoms with van der Waals surface area (Å²) in [6.45, 7) is 17.2. The Hall–Kier alpha value is -3.35. The average molecular weight is 415 g/mol. The minimum Gasteiger partial charge on any atom is -0.458 e. The number of hydrogen-bond acceptors (Lipinski definition) is 6. The Kier molecular flexibility index (Phi) is 9.05. The Morgan fingerprint density at radius 2 is 1.77 bits per heavy atom. The molecule has 0 aliphatic rings. The van der Waals surface area contributed by atoms with Crippen molar-refractivity contribution in [3.05, 3.63) is 66.8 Å². The molecule has 30 heavy (non-hydrogen) atoms. The summed E-state index contributed by atoms with van der Waals surface area (Å²) >= 11 is 0. The first-order valence-corrected chi connectivity index (χ1v) is 9.33. The molecule has 1 rings (SSSR count). The fraction of sp³-hybridized carbons (Fsp3) is 0.348. The molecule has 0 saturated carbocycles. The van der Waals surface area contributed by atoms with Crippen molar-refractivity contribution in [2.45, 2.75) is 39.3 Å². The number of hydrogen-bond donors (Lipinski definition) is 1. The molecular weight excluding hydrogens is 386 g/mol. The van der Waals surface area contributed by atoms with Gasteiger partial charge in [0, 0.05) is 11.6 Å². The Morgan fingerprint density at radius 3 is 2.33 bits per heavy atom. The molecule has 0 fully saturated rings. The Balaban J connectivity index is 2.75. The van der Waals surface area contributed by atoms with Crippen LogP contribution in [0.4, 0.5) is 4.79 Å². The lowest BCUT2D eigenvalue weighted by atomic mass is 9.92. The van der Waals surface area contributed by atoms with E-state index in [1.54, 1.807) is 0 Å². The molecule has 0 aliphatic carbocycles. The van der Waals surface area contributed by atoms with Crippen LogP contribution in [0.5, 0.6) is 0 Å². The van der Waals surface area contributed by atoms with Crippen LogP contribution < -0.4 is 5.32 Å². The third kappa shape index (κ3) is 7.95. The van der Waals surface area contributed by atoms with E-state index in [0.29, 0.717) is 0 Å². The van der Waals surface area contributed by atoms with Crippen LogP contribution in [0, 0.1) is 0 Å². The molecular formula is C23H29NO6. The molecule has 0 aromatic heterocycles. The van der Waals surface area contributed by atoms with Gasteiger partial charge in [-0.15, -0.1) is 0 Å². The van der Waals surface area contributed by atoms with Gasteiger partial charge in [-0.05, 0) is 44.9 Å². The summed E-state index contributed by atoms with van der Waals surface area (Å²) in [7, 11) is 0. The van der Waals surface area contributed by atoms with Crippen LogP contribution in [0.25, 0.3) is 5.57 Å². The minimum atomic E-state index is -0.987. The molecule has 1 aromatic carbocycles. The van der Waals surface area contributed by atoms with Crippen LogP contribution in [0.2, 0.25) is 0 Å². The van der Waals surface area contributed by atoms with Crippen LogP contribution in [0.1, 0.15) is 38.8 Å². The number of carbonyl (C=O) groups is 3. The number of esters is 2. The summed E-state index contributed by atoms with van der Waals surface area (Å²) in [6.07, 6.45) is -0.739. The van der Waals surface area contributed by atoms with Crippen molar-refractivity contribution < 1.29 is 28.6 Å². The van der Waals surface area contributed by atoms with Gasteiger partial charge in [0.1, 0.15) is 13.2 Å². The zero-order chi connectivity index (χ0) is 22.9. The second-order valence-corrected chi connectivity index (χ2v) is 7.35. The largest absolute Gasteiger partial charge is 0.458 e. The molecule has 1 N–H and O–H groups in total. The van der Waals surface area contributed by atoms with E-state index in [-0.39, 0.29) is 18.8 Å². The van der Waals surface area contributed by atoms with Gasteiger partial charge in [0.2, 0.25) is 0 Å². The van der Waals surface area contributed by atoms with E-state index in [1.807, 2.05) is 45.0 Å². The molecule has 1 atom stereocenters. The second kappa shape index (κ2) is 11.0. The van der Waals surface area contributed by atoms with Gasteiger partial charge < -0.3 is 19.5 Å². The number of nitrogens with one attached hydrogen (secondary N) is 1.